The molecule has 0 saturated carbocycles. The molecule has 1 N–H and O–H groups in total. The van der Waals surface area contributed by atoms with Crippen LogP contribution in [0.4, 0.5) is 0 Å². The lowest BCUT2D eigenvalue weighted by Crippen LogP contribution is -1.96. The standard InChI is InChI=1S/C5H4ClNO2S2/c1-10-5-7-2(4(8)9)3(6)11-5/h1H3,(H,8,9). The minimum absolute atomic E-state index is 0.0546. The second-order valence-corrected chi connectivity index (χ2v) is 4.27. The molecule has 1 aromatic rings. The van der Waals surface area contributed by atoms with Crippen LogP contribution in [0.5, 0.6) is 0 Å². The number of carboxylic acid groups (broad SMARTS) is 1. The number of carbonyl (C=O) groups is 1. The highest BCUT2D eigenvalue weighted by atomic mass is 35.5. The van der Waals surface area contributed by atoms with Gasteiger partial charge in [-0.1, -0.05) is 34.7 Å². The number of rotatable bonds is 2. The fraction of sp³-hybridized carbons (Fsp3) is 0.200. The van der Waals surface area contributed by atoms with Crippen LogP contribution in [-0.4, -0.2) is 22.3 Å². The molecule has 1 aromatic heterocycles. The van der Waals surface area contributed by atoms with Crippen LogP contribution in [0.1, 0.15) is 10.5 Å². The monoisotopic (exact) mass is 209 g/mol. The Morgan fingerprint density at radius 1 is 1.82 bits per heavy atom. The number of aromatic carboxylic acids is 1. The highest BCUT2D eigenvalue weighted by Gasteiger charge is 2.14. The van der Waals surface area contributed by atoms with Gasteiger partial charge in [0.25, 0.3) is 0 Å². The lowest BCUT2D eigenvalue weighted by molar-refractivity contribution is 0.0691. The minimum atomic E-state index is -1.08. The van der Waals surface area contributed by atoms with E-state index in [2.05, 4.69) is 4.98 Å². The summed E-state index contributed by atoms with van der Waals surface area (Å²) in [5, 5.41) is 8.52. The third-order valence-corrected chi connectivity index (χ3v) is 3.18. The quantitative estimate of drug-likeness (QED) is 0.759. The molecule has 0 aliphatic carbocycles. The number of carboxylic acids is 1. The van der Waals surface area contributed by atoms with Gasteiger partial charge in [-0.25, -0.2) is 9.78 Å². The maximum absolute atomic E-state index is 10.4. The fourth-order valence-corrected chi connectivity index (χ4v) is 2.27. The lowest BCUT2D eigenvalue weighted by atomic mass is 10.5. The first-order valence-corrected chi connectivity index (χ1v) is 5.00. The number of aromatic nitrogens is 1. The number of hydrogen-bond donors (Lipinski definition) is 1. The SMILES string of the molecule is CSc1nc(C(=O)O)c(Cl)s1. The highest BCUT2D eigenvalue weighted by molar-refractivity contribution is 8.00. The molecule has 0 saturated heterocycles. The molecule has 0 fully saturated rings. The zero-order valence-corrected chi connectivity index (χ0v) is 7.89. The van der Waals surface area contributed by atoms with Crippen LogP contribution >= 0.6 is 34.7 Å². The van der Waals surface area contributed by atoms with Crippen molar-refractivity contribution in [1.82, 2.24) is 4.98 Å². The number of thiazole rings is 1. The second-order valence-electron chi connectivity index (χ2n) is 1.61. The van der Waals surface area contributed by atoms with Gasteiger partial charge in [-0.2, -0.15) is 0 Å². The predicted molar refractivity (Wildman–Crippen MR) is 45.9 cm³/mol. The van der Waals surface area contributed by atoms with Crippen LogP contribution in [0, 0.1) is 0 Å². The van der Waals surface area contributed by atoms with Gasteiger partial charge in [0.15, 0.2) is 10.0 Å². The van der Waals surface area contributed by atoms with Gasteiger partial charge in [0, 0.05) is 0 Å². The molecule has 0 spiro atoms. The molecule has 0 aromatic carbocycles. The van der Waals surface area contributed by atoms with Crippen molar-refractivity contribution in [3.05, 3.63) is 10.0 Å². The van der Waals surface area contributed by atoms with Gasteiger partial charge in [-0.15, -0.1) is 0 Å². The summed E-state index contributed by atoms with van der Waals surface area (Å²) in [5.41, 5.74) is -0.0546. The van der Waals surface area contributed by atoms with Crippen molar-refractivity contribution in [2.45, 2.75) is 4.34 Å². The van der Waals surface area contributed by atoms with E-state index in [0.29, 0.717) is 4.34 Å². The molecule has 3 nitrogen and oxygen atoms in total. The molecule has 60 valence electrons. The fourth-order valence-electron chi connectivity index (χ4n) is 0.502. The summed E-state index contributed by atoms with van der Waals surface area (Å²) in [6.07, 6.45) is 1.82. The predicted octanol–water partition coefficient (Wildman–Crippen LogP) is 2.22. The molecule has 0 atom stereocenters. The second kappa shape index (κ2) is 3.42. The third kappa shape index (κ3) is 1.85. The minimum Gasteiger partial charge on any atom is -0.476 e. The van der Waals surface area contributed by atoms with Crippen molar-refractivity contribution < 1.29 is 9.90 Å². The van der Waals surface area contributed by atoms with Crippen LogP contribution in [-0.2, 0) is 0 Å². The van der Waals surface area contributed by atoms with Gasteiger partial charge in [-0.05, 0) is 6.26 Å². The Morgan fingerprint density at radius 3 is 2.73 bits per heavy atom. The molecule has 0 bridgehead atoms. The zero-order chi connectivity index (χ0) is 8.43. The Hall–Kier alpha value is -0.260. The van der Waals surface area contributed by atoms with Crippen molar-refractivity contribution in [3.63, 3.8) is 0 Å². The van der Waals surface area contributed by atoms with Crippen molar-refractivity contribution in [3.8, 4) is 0 Å². The van der Waals surface area contributed by atoms with Gasteiger partial charge in [-0.3, -0.25) is 0 Å². The molecule has 0 aliphatic heterocycles. The number of thioether (sulfide) groups is 1. The first-order valence-electron chi connectivity index (χ1n) is 2.58. The summed E-state index contributed by atoms with van der Waals surface area (Å²) in [4.78, 5) is 14.2. The molecular formula is C5H4ClNO2S2. The van der Waals surface area contributed by atoms with Crippen molar-refractivity contribution >= 4 is 40.7 Å². The van der Waals surface area contributed by atoms with Crippen LogP contribution in [0.2, 0.25) is 4.34 Å². The van der Waals surface area contributed by atoms with Gasteiger partial charge in [0.1, 0.15) is 4.34 Å². The number of hydrogen-bond acceptors (Lipinski definition) is 4. The molecule has 11 heavy (non-hydrogen) atoms. The van der Waals surface area contributed by atoms with E-state index in [9.17, 15) is 4.79 Å². The Kier molecular flexibility index (Phi) is 2.75. The molecule has 0 aliphatic rings. The molecule has 0 amide bonds. The van der Waals surface area contributed by atoms with E-state index in [0.717, 1.165) is 0 Å². The van der Waals surface area contributed by atoms with E-state index >= 15 is 0 Å². The van der Waals surface area contributed by atoms with Crippen LogP contribution in [0.15, 0.2) is 4.34 Å². The van der Waals surface area contributed by atoms with E-state index < -0.39 is 5.97 Å². The van der Waals surface area contributed by atoms with Gasteiger partial charge >= 0.3 is 5.97 Å². The normalized spacial score (nSPS) is 10.0. The molecule has 6 heteroatoms. The van der Waals surface area contributed by atoms with E-state index in [4.69, 9.17) is 16.7 Å². The van der Waals surface area contributed by atoms with E-state index in [-0.39, 0.29) is 10.0 Å². The maximum atomic E-state index is 10.4. The van der Waals surface area contributed by atoms with Gasteiger partial charge < -0.3 is 5.11 Å². The Morgan fingerprint density at radius 2 is 2.45 bits per heavy atom. The highest BCUT2D eigenvalue weighted by Crippen LogP contribution is 2.29. The van der Waals surface area contributed by atoms with E-state index in [1.54, 1.807) is 0 Å². The third-order valence-electron chi connectivity index (χ3n) is 0.943. The Labute approximate surface area is 76.4 Å². The summed E-state index contributed by atoms with van der Waals surface area (Å²) in [7, 11) is 0. The summed E-state index contributed by atoms with van der Waals surface area (Å²) in [6, 6.07) is 0. The summed E-state index contributed by atoms with van der Waals surface area (Å²) in [6.45, 7) is 0. The van der Waals surface area contributed by atoms with Crippen LogP contribution in [0.3, 0.4) is 0 Å². The lowest BCUT2D eigenvalue weighted by Gasteiger charge is -1.83. The molecule has 0 unspecified atom stereocenters. The first kappa shape index (κ1) is 8.83. The van der Waals surface area contributed by atoms with Crippen molar-refractivity contribution in [2.75, 3.05) is 6.26 Å². The van der Waals surface area contributed by atoms with Crippen LogP contribution in [0.25, 0.3) is 0 Å². The van der Waals surface area contributed by atoms with E-state index in [1.807, 2.05) is 6.26 Å². The molecule has 1 rings (SSSR count). The van der Waals surface area contributed by atoms with Crippen molar-refractivity contribution in [1.29, 1.82) is 0 Å². The number of nitrogens with zero attached hydrogens (tertiary/aromatic N) is 1. The zero-order valence-electron chi connectivity index (χ0n) is 5.50. The largest absolute Gasteiger partial charge is 0.476 e. The number of halogens is 1. The average molecular weight is 210 g/mol. The van der Waals surface area contributed by atoms with Crippen LogP contribution < -0.4 is 0 Å². The molecule has 0 radical (unpaired) electrons. The van der Waals surface area contributed by atoms with E-state index in [1.165, 1.54) is 23.1 Å². The Bertz CT molecular complexity index is 286. The average Bonchev–Trinajstić information content (AvgIpc) is 2.30. The Balaban J connectivity index is 3.07. The summed E-state index contributed by atoms with van der Waals surface area (Å²) >= 11 is 8.14. The maximum Gasteiger partial charge on any atom is 0.357 e. The summed E-state index contributed by atoms with van der Waals surface area (Å²) < 4.78 is 0.911. The first-order chi connectivity index (χ1) is 5.15. The van der Waals surface area contributed by atoms with Gasteiger partial charge in [0.05, 0.1) is 0 Å². The smallest absolute Gasteiger partial charge is 0.357 e. The summed E-state index contributed by atoms with van der Waals surface area (Å²) in [5.74, 6) is -1.08. The topological polar surface area (TPSA) is 50.2 Å². The molecular weight excluding hydrogens is 206 g/mol. The van der Waals surface area contributed by atoms with Gasteiger partial charge in [0.2, 0.25) is 0 Å². The van der Waals surface area contributed by atoms with Crippen molar-refractivity contribution in [2.24, 2.45) is 0 Å². The molecule has 1 heterocycles.